The van der Waals surface area contributed by atoms with Crippen molar-refractivity contribution in [3.05, 3.63) is 34.9 Å². The highest BCUT2D eigenvalue weighted by Gasteiger charge is 2.04. The van der Waals surface area contributed by atoms with Crippen LogP contribution in [0.1, 0.15) is 12.5 Å². The topological polar surface area (TPSA) is 41.9 Å². The summed E-state index contributed by atoms with van der Waals surface area (Å²) in [6.45, 7) is 1.75. The summed E-state index contributed by atoms with van der Waals surface area (Å²) in [6, 6.07) is 7.25. The van der Waals surface area contributed by atoms with E-state index in [0.717, 1.165) is 5.56 Å². The van der Waals surface area contributed by atoms with Crippen molar-refractivity contribution < 1.29 is 9.63 Å². The second-order valence-electron chi connectivity index (χ2n) is 3.75. The average molecular weight is 255 g/mol. The number of hydrogen-bond acceptors (Lipinski definition) is 3. The predicted octanol–water partition coefficient (Wildman–Crippen LogP) is 2.17. The molecule has 5 heteroatoms. The average Bonchev–Trinajstić information content (AvgIpc) is 2.29. The molecule has 0 aliphatic carbocycles. The van der Waals surface area contributed by atoms with E-state index in [1.165, 1.54) is 4.90 Å². The van der Waals surface area contributed by atoms with Crippen LogP contribution in [0.4, 0.5) is 0 Å². The molecule has 1 aromatic rings. The molecule has 1 rings (SSSR count). The van der Waals surface area contributed by atoms with E-state index >= 15 is 0 Å². The molecule has 1 aromatic carbocycles. The van der Waals surface area contributed by atoms with E-state index in [1.807, 2.05) is 19.1 Å². The van der Waals surface area contributed by atoms with Crippen LogP contribution in [0.2, 0.25) is 5.02 Å². The first-order chi connectivity index (χ1) is 8.00. The third-order valence-corrected chi connectivity index (χ3v) is 2.40. The molecule has 0 fully saturated rings. The number of hydrogen-bond donors (Lipinski definition) is 0. The molecule has 0 heterocycles. The zero-order valence-electron chi connectivity index (χ0n) is 10.1. The Morgan fingerprint density at radius 2 is 1.94 bits per heavy atom. The van der Waals surface area contributed by atoms with Gasteiger partial charge in [-0.25, -0.2) is 0 Å². The maximum absolute atomic E-state index is 11.2. The minimum absolute atomic E-state index is 0.0576. The van der Waals surface area contributed by atoms with E-state index in [4.69, 9.17) is 16.4 Å². The zero-order valence-corrected chi connectivity index (χ0v) is 10.9. The van der Waals surface area contributed by atoms with E-state index in [0.29, 0.717) is 10.7 Å². The number of rotatable bonds is 4. The first-order valence-electron chi connectivity index (χ1n) is 5.13. The normalized spacial score (nSPS) is 11.2. The van der Waals surface area contributed by atoms with Gasteiger partial charge in [-0.05, 0) is 24.6 Å². The lowest BCUT2D eigenvalue weighted by Gasteiger charge is -2.08. The quantitative estimate of drug-likeness (QED) is 0.610. The van der Waals surface area contributed by atoms with Gasteiger partial charge < -0.3 is 9.74 Å². The van der Waals surface area contributed by atoms with Crippen molar-refractivity contribution in [2.45, 2.75) is 6.92 Å². The van der Waals surface area contributed by atoms with Gasteiger partial charge in [-0.3, -0.25) is 4.79 Å². The Morgan fingerprint density at radius 3 is 2.47 bits per heavy atom. The molecule has 0 aromatic heterocycles. The Balaban J connectivity index is 2.55. The van der Waals surface area contributed by atoms with Gasteiger partial charge in [-0.2, -0.15) is 0 Å². The van der Waals surface area contributed by atoms with Gasteiger partial charge in [-0.1, -0.05) is 28.9 Å². The molecular weight excluding hydrogens is 240 g/mol. The Bertz CT molecular complexity index is 413. The number of halogens is 1. The van der Waals surface area contributed by atoms with Crippen LogP contribution in [0, 0.1) is 0 Å². The van der Waals surface area contributed by atoms with Crippen LogP contribution >= 0.6 is 11.6 Å². The molecule has 0 unspecified atom stereocenters. The van der Waals surface area contributed by atoms with Gasteiger partial charge in [0.15, 0.2) is 6.61 Å². The van der Waals surface area contributed by atoms with Crippen LogP contribution < -0.4 is 0 Å². The van der Waals surface area contributed by atoms with Gasteiger partial charge in [-0.15, -0.1) is 0 Å². The monoisotopic (exact) mass is 254 g/mol. The fourth-order valence-electron chi connectivity index (χ4n) is 1.06. The van der Waals surface area contributed by atoms with Crippen LogP contribution in [0.15, 0.2) is 29.4 Å². The van der Waals surface area contributed by atoms with Gasteiger partial charge in [0.25, 0.3) is 5.91 Å². The van der Waals surface area contributed by atoms with E-state index < -0.39 is 0 Å². The number of benzene rings is 1. The molecular formula is C12H15ClN2O2. The Kier molecular flexibility index (Phi) is 4.97. The highest BCUT2D eigenvalue weighted by molar-refractivity contribution is 6.30. The summed E-state index contributed by atoms with van der Waals surface area (Å²) in [5.41, 5.74) is 1.61. The van der Waals surface area contributed by atoms with E-state index in [1.54, 1.807) is 26.2 Å². The molecule has 0 N–H and O–H groups in total. The second-order valence-corrected chi connectivity index (χ2v) is 4.18. The fraction of sp³-hybridized carbons (Fsp3) is 0.333. The van der Waals surface area contributed by atoms with Crippen LogP contribution in [0.25, 0.3) is 0 Å². The number of nitrogens with zero attached hydrogens (tertiary/aromatic N) is 2. The standard InChI is InChI=1S/C12H15ClN2O2/c1-9(10-4-6-11(13)7-5-10)14-17-8-12(16)15(2)3/h4-7H,8H2,1-3H3/b14-9+. The zero-order chi connectivity index (χ0) is 12.8. The summed E-state index contributed by atoms with van der Waals surface area (Å²) in [6.07, 6.45) is 0. The molecule has 0 bridgehead atoms. The van der Waals surface area contributed by atoms with Crippen LogP contribution in [0.3, 0.4) is 0 Å². The van der Waals surface area contributed by atoms with Gasteiger partial charge >= 0.3 is 0 Å². The van der Waals surface area contributed by atoms with Crippen molar-refractivity contribution in [1.29, 1.82) is 0 Å². The number of amides is 1. The molecule has 0 radical (unpaired) electrons. The minimum Gasteiger partial charge on any atom is -0.385 e. The Hall–Kier alpha value is -1.55. The maximum Gasteiger partial charge on any atom is 0.262 e. The number of carbonyl (C=O) groups excluding carboxylic acids is 1. The van der Waals surface area contributed by atoms with Gasteiger partial charge in [0.1, 0.15) is 0 Å². The molecule has 0 saturated heterocycles. The number of carbonyl (C=O) groups is 1. The lowest BCUT2D eigenvalue weighted by atomic mass is 10.1. The van der Waals surface area contributed by atoms with Gasteiger partial charge in [0, 0.05) is 19.1 Å². The largest absolute Gasteiger partial charge is 0.385 e. The lowest BCUT2D eigenvalue weighted by molar-refractivity contribution is -0.133. The van der Waals surface area contributed by atoms with E-state index in [-0.39, 0.29) is 12.5 Å². The first-order valence-corrected chi connectivity index (χ1v) is 5.51. The van der Waals surface area contributed by atoms with Crippen molar-refractivity contribution in [1.82, 2.24) is 4.90 Å². The highest BCUT2D eigenvalue weighted by atomic mass is 35.5. The molecule has 92 valence electrons. The van der Waals surface area contributed by atoms with Crippen molar-refractivity contribution in [3.8, 4) is 0 Å². The Labute approximate surface area is 106 Å². The third-order valence-electron chi connectivity index (χ3n) is 2.15. The first kappa shape index (κ1) is 13.5. The molecule has 0 atom stereocenters. The van der Waals surface area contributed by atoms with Crippen molar-refractivity contribution in [2.24, 2.45) is 5.16 Å². The summed E-state index contributed by atoms with van der Waals surface area (Å²) in [5, 5.41) is 4.54. The van der Waals surface area contributed by atoms with Gasteiger partial charge in [0.2, 0.25) is 0 Å². The molecule has 0 aliphatic heterocycles. The second kappa shape index (κ2) is 6.25. The minimum atomic E-state index is -0.127. The SMILES string of the molecule is C/C(=N\OCC(=O)N(C)C)c1ccc(Cl)cc1. The molecule has 17 heavy (non-hydrogen) atoms. The van der Waals surface area contributed by atoms with Gasteiger partial charge in [0.05, 0.1) is 5.71 Å². The summed E-state index contributed by atoms with van der Waals surface area (Å²) in [4.78, 5) is 17.6. The molecule has 1 amide bonds. The molecule has 0 aliphatic rings. The Morgan fingerprint density at radius 1 is 1.35 bits per heavy atom. The summed E-state index contributed by atoms with van der Waals surface area (Å²) in [7, 11) is 3.34. The molecule has 4 nitrogen and oxygen atoms in total. The van der Waals surface area contributed by atoms with Crippen LogP contribution in [0.5, 0.6) is 0 Å². The molecule has 0 spiro atoms. The van der Waals surface area contributed by atoms with Crippen molar-refractivity contribution in [2.75, 3.05) is 20.7 Å². The number of oxime groups is 1. The molecule has 0 saturated carbocycles. The summed E-state index contributed by atoms with van der Waals surface area (Å²) in [5.74, 6) is -0.127. The van der Waals surface area contributed by atoms with Crippen LogP contribution in [-0.2, 0) is 9.63 Å². The summed E-state index contributed by atoms with van der Waals surface area (Å²) < 4.78 is 0. The number of likely N-dealkylation sites (N-methyl/N-ethyl adjacent to an activating group) is 1. The summed E-state index contributed by atoms with van der Waals surface area (Å²) >= 11 is 5.78. The highest BCUT2D eigenvalue weighted by Crippen LogP contribution is 2.10. The fourth-order valence-corrected chi connectivity index (χ4v) is 1.18. The predicted molar refractivity (Wildman–Crippen MR) is 68.3 cm³/mol. The maximum atomic E-state index is 11.2. The van der Waals surface area contributed by atoms with Crippen LogP contribution in [-0.4, -0.2) is 37.2 Å². The lowest BCUT2D eigenvalue weighted by Crippen LogP contribution is -2.25. The van der Waals surface area contributed by atoms with Crippen molar-refractivity contribution >= 4 is 23.2 Å². The smallest absolute Gasteiger partial charge is 0.262 e. The third kappa shape index (κ3) is 4.44. The van der Waals surface area contributed by atoms with E-state index in [2.05, 4.69) is 5.16 Å². The van der Waals surface area contributed by atoms with E-state index in [9.17, 15) is 4.79 Å². The van der Waals surface area contributed by atoms with Crippen molar-refractivity contribution in [3.63, 3.8) is 0 Å².